The molecule has 2 aromatic carbocycles. The number of thiol groups is 1. The lowest BCUT2D eigenvalue weighted by atomic mass is 9.89. The molecule has 0 radical (unpaired) electrons. The topological polar surface area (TPSA) is 32.3 Å². The Morgan fingerprint density at radius 3 is 2.10 bits per heavy atom. The van der Waals surface area contributed by atoms with Gasteiger partial charge in [0.1, 0.15) is 0 Å². The summed E-state index contributed by atoms with van der Waals surface area (Å²) >= 11 is 0. The lowest BCUT2D eigenvalue weighted by molar-refractivity contribution is -0.137. The van der Waals surface area contributed by atoms with Crippen molar-refractivity contribution < 1.29 is 17.4 Å². The van der Waals surface area contributed by atoms with E-state index >= 15 is 0 Å². The average molecular weight is 441 g/mol. The van der Waals surface area contributed by atoms with Gasteiger partial charge in [0.25, 0.3) is 0 Å². The molecule has 1 aliphatic rings. The fourth-order valence-corrected chi connectivity index (χ4v) is 5.16. The fourth-order valence-electron chi connectivity index (χ4n) is 4.08. The highest BCUT2D eigenvalue weighted by atomic mass is 32.3. The first-order chi connectivity index (χ1) is 14.0. The maximum Gasteiger partial charge on any atom is 0.416 e. The summed E-state index contributed by atoms with van der Waals surface area (Å²) in [6.07, 6.45) is 1.08. The van der Waals surface area contributed by atoms with E-state index in [0.29, 0.717) is 5.92 Å². The van der Waals surface area contributed by atoms with Crippen molar-refractivity contribution in [3.05, 3.63) is 70.8 Å². The number of alkyl halides is 3. The molecule has 166 valence electrons. The Kier molecular flexibility index (Phi) is 7.05. The lowest BCUT2D eigenvalue weighted by Crippen LogP contribution is -2.32. The van der Waals surface area contributed by atoms with E-state index < -0.39 is 21.9 Å². The summed E-state index contributed by atoms with van der Waals surface area (Å²) in [4.78, 5) is 2.39. The fraction of sp³-hybridized carbons (Fsp3) is 0.478. The average Bonchev–Trinajstić information content (AvgIpc) is 2.67. The van der Waals surface area contributed by atoms with Gasteiger partial charge in [-0.1, -0.05) is 46.5 Å². The molecule has 3 nitrogen and oxygen atoms in total. The molecule has 1 atom stereocenters. The molecule has 0 aromatic heterocycles. The molecule has 1 N–H and O–H groups in total. The Hall–Kier alpha value is -1.70. The van der Waals surface area contributed by atoms with Crippen molar-refractivity contribution >= 4 is 10.1 Å². The van der Waals surface area contributed by atoms with Gasteiger partial charge in [-0.25, -0.2) is 0 Å². The summed E-state index contributed by atoms with van der Waals surface area (Å²) in [5.41, 5.74) is 2.76. The van der Waals surface area contributed by atoms with Crippen LogP contribution in [-0.2, 0) is 22.8 Å². The van der Waals surface area contributed by atoms with Gasteiger partial charge in [0.15, 0.2) is 0 Å². The van der Waals surface area contributed by atoms with Crippen LogP contribution in [0.3, 0.4) is 0 Å². The zero-order valence-electron chi connectivity index (χ0n) is 17.7. The molecule has 0 amide bonds. The number of benzene rings is 2. The molecule has 7 heteroatoms. The molecular weight excluding hydrogens is 409 g/mol. The summed E-state index contributed by atoms with van der Waals surface area (Å²) in [7, 11) is -2.28. The molecule has 0 saturated carbocycles. The Labute approximate surface area is 178 Å². The van der Waals surface area contributed by atoms with E-state index in [1.54, 1.807) is 24.6 Å². The smallest absolute Gasteiger partial charge is 0.299 e. The molecule has 1 aliphatic heterocycles. The van der Waals surface area contributed by atoms with E-state index in [1.165, 1.54) is 17.7 Å². The van der Waals surface area contributed by atoms with E-state index in [9.17, 15) is 17.4 Å². The molecule has 0 spiro atoms. The highest BCUT2D eigenvalue weighted by Crippen LogP contribution is 2.33. The number of halogens is 3. The molecule has 30 heavy (non-hydrogen) atoms. The first kappa shape index (κ1) is 23.0. The SMILES string of the molecule is C[C@@H](N[SH](C)(C)=O)c1ccc(CN2CCC(c3ccc(C(F)(F)F)cc3)CC2)cc1. The van der Waals surface area contributed by atoms with Gasteiger partial charge in [-0.05, 0) is 67.6 Å². The van der Waals surface area contributed by atoms with Gasteiger partial charge >= 0.3 is 6.18 Å². The highest BCUT2D eigenvalue weighted by molar-refractivity contribution is 7.99. The molecule has 1 saturated heterocycles. The van der Waals surface area contributed by atoms with Gasteiger partial charge in [0.2, 0.25) is 0 Å². The molecule has 0 aliphatic carbocycles. The second-order valence-electron chi connectivity index (χ2n) is 8.61. The minimum Gasteiger partial charge on any atom is -0.299 e. The maximum atomic E-state index is 12.7. The van der Waals surface area contributed by atoms with Gasteiger partial charge in [-0.2, -0.15) is 13.2 Å². The van der Waals surface area contributed by atoms with E-state index in [-0.39, 0.29) is 6.04 Å². The van der Waals surface area contributed by atoms with Crippen LogP contribution < -0.4 is 4.72 Å². The Morgan fingerprint density at radius 2 is 1.60 bits per heavy atom. The summed E-state index contributed by atoms with van der Waals surface area (Å²) in [5, 5.41) is 0. The van der Waals surface area contributed by atoms with Crippen molar-refractivity contribution in [2.24, 2.45) is 0 Å². The number of hydrogen-bond donors (Lipinski definition) is 2. The Morgan fingerprint density at radius 1 is 1.03 bits per heavy atom. The van der Waals surface area contributed by atoms with Gasteiger partial charge < -0.3 is 0 Å². The van der Waals surface area contributed by atoms with Crippen LogP contribution in [0.25, 0.3) is 0 Å². The normalized spacial score (nSPS) is 18.3. The van der Waals surface area contributed by atoms with Crippen LogP contribution in [0, 0.1) is 0 Å². The molecule has 0 unspecified atom stereocenters. The van der Waals surface area contributed by atoms with Crippen LogP contribution in [0.4, 0.5) is 13.2 Å². The monoisotopic (exact) mass is 440 g/mol. The highest BCUT2D eigenvalue weighted by Gasteiger charge is 2.30. The van der Waals surface area contributed by atoms with Gasteiger partial charge in [0, 0.05) is 25.1 Å². The van der Waals surface area contributed by atoms with E-state index in [4.69, 9.17) is 0 Å². The third-order valence-electron chi connectivity index (χ3n) is 5.69. The Balaban J connectivity index is 1.51. The predicted molar refractivity (Wildman–Crippen MR) is 118 cm³/mol. The van der Waals surface area contributed by atoms with Crippen LogP contribution in [0.5, 0.6) is 0 Å². The molecule has 0 bridgehead atoms. The summed E-state index contributed by atoms with van der Waals surface area (Å²) in [6, 6.07) is 14.1. The molecule has 3 rings (SSSR count). The van der Waals surface area contributed by atoms with E-state index in [1.807, 2.05) is 6.92 Å². The molecular formula is C23H31F3N2OS. The van der Waals surface area contributed by atoms with E-state index in [0.717, 1.165) is 43.6 Å². The minimum atomic E-state index is -4.28. The van der Waals surface area contributed by atoms with Crippen molar-refractivity contribution in [2.75, 3.05) is 25.6 Å². The zero-order chi connectivity index (χ0) is 21.9. The first-order valence-corrected chi connectivity index (χ1v) is 12.9. The maximum absolute atomic E-state index is 12.7. The van der Waals surface area contributed by atoms with Crippen molar-refractivity contribution in [3.63, 3.8) is 0 Å². The molecule has 2 aromatic rings. The van der Waals surface area contributed by atoms with Gasteiger partial charge in [0.05, 0.1) is 5.56 Å². The largest absolute Gasteiger partial charge is 0.416 e. The molecule has 1 heterocycles. The lowest BCUT2D eigenvalue weighted by Gasteiger charge is -2.32. The quantitative estimate of drug-likeness (QED) is 0.625. The number of hydrogen-bond acceptors (Lipinski definition) is 2. The number of nitrogens with zero attached hydrogens (tertiary/aromatic N) is 1. The number of piperidine rings is 1. The van der Waals surface area contributed by atoms with Crippen LogP contribution in [0.1, 0.15) is 54.0 Å². The van der Waals surface area contributed by atoms with Crippen LogP contribution in [0.2, 0.25) is 0 Å². The molecule has 1 fully saturated rings. The van der Waals surface area contributed by atoms with Crippen LogP contribution >= 0.6 is 0 Å². The number of nitrogens with one attached hydrogen (secondary N) is 1. The summed E-state index contributed by atoms with van der Waals surface area (Å²) in [5.74, 6) is 0.316. The Bertz CT molecular complexity index is 867. The first-order valence-electron chi connectivity index (χ1n) is 10.3. The standard InChI is InChI=1S/C23H31F3N2OS/c1-17(27-30(2,3)29)19-6-4-18(5-7-19)16-28-14-12-21(13-15-28)20-8-10-22(11-9-20)23(24,25)26/h4-11,17,21,30H,12-16H2,1-3H3,(H,27,29)/t17-/m1/s1. The summed E-state index contributed by atoms with van der Waals surface area (Å²) < 4.78 is 53.3. The zero-order valence-corrected chi connectivity index (χ0v) is 18.6. The van der Waals surface area contributed by atoms with Crippen molar-refractivity contribution in [2.45, 2.75) is 44.4 Å². The third kappa shape index (κ3) is 6.40. The van der Waals surface area contributed by atoms with Crippen molar-refractivity contribution in [1.29, 1.82) is 0 Å². The van der Waals surface area contributed by atoms with Gasteiger partial charge in [-0.3, -0.25) is 13.8 Å². The number of likely N-dealkylation sites (tertiary alicyclic amines) is 1. The van der Waals surface area contributed by atoms with Gasteiger partial charge in [-0.15, -0.1) is 0 Å². The minimum absolute atomic E-state index is 0.0411. The predicted octanol–water partition coefficient (Wildman–Crippen LogP) is 4.93. The second-order valence-corrected chi connectivity index (χ2v) is 11.6. The van der Waals surface area contributed by atoms with Crippen molar-refractivity contribution in [1.82, 2.24) is 9.62 Å². The number of rotatable bonds is 6. The third-order valence-corrected chi connectivity index (χ3v) is 6.70. The van der Waals surface area contributed by atoms with Crippen LogP contribution in [-0.4, -0.2) is 34.7 Å². The van der Waals surface area contributed by atoms with E-state index in [2.05, 4.69) is 33.9 Å². The second kappa shape index (κ2) is 9.20. The van der Waals surface area contributed by atoms with Crippen LogP contribution in [0.15, 0.2) is 48.5 Å². The van der Waals surface area contributed by atoms with Crippen molar-refractivity contribution in [3.8, 4) is 0 Å². The summed E-state index contributed by atoms with van der Waals surface area (Å²) in [6.45, 7) is 4.74.